The van der Waals surface area contributed by atoms with Crippen molar-refractivity contribution in [2.75, 3.05) is 0 Å². The van der Waals surface area contributed by atoms with Crippen molar-refractivity contribution in [1.29, 1.82) is 0 Å². The average Bonchev–Trinajstić information content (AvgIpc) is 2.40. The Labute approximate surface area is 108 Å². The van der Waals surface area contributed by atoms with Crippen LogP contribution < -0.4 is 5.32 Å². The van der Waals surface area contributed by atoms with Crippen LogP contribution in [0.3, 0.4) is 0 Å². The van der Waals surface area contributed by atoms with Crippen molar-refractivity contribution in [3.63, 3.8) is 0 Å². The van der Waals surface area contributed by atoms with Crippen LogP contribution in [0.5, 0.6) is 0 Å². The molecule has 18 heavy (non-hydrogen) atoms. The van der Waals surface area contributed by atoms with E-state index in [0.29, 0.717) is 0 Å². The highest BCUT2D eigenvalue weighted by atomic mass is 19.1. The number of carbonyl (C=O) groups excluding carboxylic acids is 1. The molecule has 1 aromatic rings. The molecule has 1 aromatic carbocycles. The van der Waals surface area contributed by atoms with Gasteiger partial charge in [-0.05, 0) is 37.5 Å². The van der Waals surface area contributed by atoms with E-state index in [1.165, 1.54) is 18.6 Å². The van der Waals surface area contributed by atoms with Gasteiger partial charge in [0.2, 0.25) is 5.91 Å². The molecule has 98 valence electrons. The first-order valence-corrected chi connectivity index (χ1v) is 6.72. The van der Waals surface area contributed by atoms with E-state index >= 15 is 0 Å². The van der Waals surface area contributed by atoms with Gasteiger partial charge in [0.05, 0.1) is 6.04 Å². The fraction of sp³-hybridized carbons (Fsp3) is 0.533. The predicted octanol–water partition coefficient (Wildman–Crippen LogP) is 3.58. The van der Waals surface area contributed by atoms with Gasteiger partial charge in [0.25, 0.3) is 0 Å². The maximum absolute atomic E-state index is 12.8. The average molecular weight is 249 g/mol. The molecule has 1 saturated carbocycles. The first-order chi connectivity index (χ1) is 8.66. The predicted molar refractivity (Wildman–Crippen MR) is 69.5 cm³/mol. The Balaban J connectivity index is 1.91. The quantitative estimate of drug-likeness (QED) is 0.871. The van der Waals surface area contributed by atoms with Crippen molar-refractivity contribution in [1.82, 2.24) is 5.32 Å². The number of halogens is 1. The van der Waals surface area contributed by atoms with Crippen molar-refractivity contribution in [2.45, 2.75) is 45.1 Å². The number of hydrogen-bond donors (Lipinski definition) is 1. The normalized spacial score (nSPS) is 18.3. The van der Waals surface area contributed by atoms with Crippen LogP contribution >= 0.6 is 0 Å². The SMILES string of the molecule is CC(NC(=O)C1CCCCC1)c1ccc(F)cc1. The summed E-state index contributed by atoms with van der Waals surface area (Å²) in [6.45, 7) is 1.94. The summed E-state index contributed by atoms with van der Waals surface area (Å²) >= 11 is 0. The van der Waals surface area contributed by atoms with Crippen molar-refractivity contribution < 1.29 is 9.18 Å². The molecule has 1 fully saturated rings. The van der Waals surface area contributed by atoms with Gasteiger partial charge in [0.1, 0.15) is 5.82 Å². The molecule has 0 spiro atoms. The van der Waals surface area contributed by atoms with Crippen LogP contribution in [0.4, 0.5) is 4.39 Å². The first kappa shape index (κ1) is 13.1. The minimum Gasteiger partial charge on any atom is -0.349 e. The van der Waals surface area contributed by atoms with Gasteiger partial charge in [-0.2, -0.15) is 0 Å². The van der Waals surface area contributed by atoms with Gasteiger partial charge in [-0.15, -0.1) is 0 Å². The molecule has 1 atom stereocenters. The van der Waals surface area contributed by atoms with E-state index in [1.807, 2.05) is 6.92 Å². The van der Waals surface area contributed by atoms with Crippen LogP contribution in [0.1, 0.15) is 50.6 Å². The lowest BCUT2D eigenvalue weighted by molar-refractivity contribution is -0.126. The molecule has 1 unspecified atom stereocenters. The molecule has 0 radical (unpaired) electrons. The number of rotatable bonds is 3. The van der Waals surface area contributed by atoms with Gasteiger partial charge in [0, 0.05) is 5.92 Å². The van der Waals surface area contributed by atoms with Gasteiger partial charge in [-0.25, -0.2) is 4.39 Å². The molecule has 0 aliphatic heterocycles. The molecule has 2 nitrogen and oxygen atoms in total. The Bertz CT molecular complexity index is 395. The van der Waals surface area contributed by atoms with Crippen molar-refractivity contribution in [3.05, 3.63) is 35.6 Å². The van der Waals surface area contributed by atoms with Crippen LogP contribution in [0.15, 0.2) is 24.3 Å². The molecule has 1 amide bonds. The van der Waals surface area contributed by atoms with Crippen molar-refractivity contribution >= 4 is 5.91 Å². The summed E-state index contributed by atoms with van der Waals surface area (Å²) in [5.74, 6) is 0.0673. The summed E-state index contributed by atoms with van der Waals surface area (Å²) in [6, 6.07) is 6.25. The molecule has 1 aliphatic rings. The highest BCUT2D eigenvalue weighted by Gasteiger charge is 2.22. The zero-order chi connectivity index (χ0) is 13.0. The second kappa shape index (κ2) is 5.98. The Morgan fingerprint density at radius 3 is 2.44 bits per heavy atom. The summed E-state index contributed by atoms with van der Waals surface area (Å²) in [7, 11) is 0. The van der Waals surface area contributed by atoms with E-state index in [-0.39, 0.29) is 23.7 Å². The van der Waals surface area contributed by atoms with E-state index in [4.69, 9.17) is 0 Å². The zero-order valence-corrected chi connectivity index (χ0v) is 10.8. The summed E-state index contributed by atoms with van der Waals surface area (Å²) in [4.78, 5) is 12.1. The van der Waals surface area contributed by atoms with Crippen LogP contribution in [0.25, 0.3) is 0 Å². The summed E-state index contributed by atoms with van der Waals surface area (Å²) in [5.41, 5.74) is 0.945. The number of nitrogens with one attached hydrogen (secondary N) is 1. The largest absolute Gasteiger partial charge is 0.349 e. The molecular formula is C15H20FNO. The number of benzene rings is 1. The Hall–Kier alpha value is -1.38. The summed E-state index contributed by atoms with van der Waals surface area (Å²) in [5, 5.41) is 3.02. The van der Waals surface area contributed by atoms with Gasteiger partial charge in [-0.1, -0.05) is 31.4 Å². The summed E-state index contributed by atoms with van der Waals surface area (Å²) < 4.78 is 12.8. The smallest absolute Gasteiger partial charge is 0.223 e. The topological polar surface area (TPSA) is 29.1 Å². The second-order valence-corrected chi connectivity index (χ2v) is 5.12. The van der Waals surface area contributed by atoms with Gasteiger partial charge in [-0.3, -0.25) is 4.79 Å². The van der Waals surface area contributed by atoms with Gasteiger partial charge in [0.15, 0.2) is 0 Å². The van der Waals surface area contributed by atoms with E-state index in [0.717, 1.165) is 31.2 Å². The van der Waals surface area contributed by atoms with Crippen LogP contribution in [0.2, 0.25) is 0 Å². The van der Waals surface area contributed by atoms with E-state index in [2.05, 4.69) is 5.32 Å². The number of carbonyl (C=O) groups is 1. The molecule has 1 aliphatic carbocycles. The number of hydrogen-bond acceptors (Lipinski definition) is 1. The first-order valence-electron chi connectivity index (χ1n) is 6.72. The Kier molecular flexibility index (Phi) is 4.34. The summed E-state index contributed by atoms with van der Waals surface area (Å²) in [6.07, 6.45) is 5.56. The van der Waals surface area contributed by atoms with E-state index in [9.17, 15) is 9.18 Å². The van der Waals surface area contributed by atoms with Gasteiger partial charge < -0.3 is 5.32 Å². The highest BCUT2D eigenvalue weighted by Crippen LogP contribution is 2.24. The molecular weight excluding hydrogens is 229 g/mol. The highest BCUT2D eigenvalue weighted by molar-refractivity contribution is 5.79. The minimum atomic E-state index is -0.246. The monoisotopic (exact) mass is 249 g/mol. The lowest BCUT2D eigenvalue weighted by Crippen LogP contribution is -2.33. The van der Waals surface area contributed by atoms with Crippen LogP contribution in [-0.4, -0.2) is 5.91 Å². The van der Waals surface area contributed by atoms with Crippen molar-refractivity contribution in [3.8, 4) is 0 Å². The molecule has 3 heteroatoms. The fourth-order valence-corrected chi connectivity index (χ4v) is 2.53. The Morgan fingerprint density at radius 2 is 1.83 bits per heavy atom. The minimum absolute atomic E-state index is 0.0555. The van der Waals surface area contributed by atoms with E-state index < -0.39 is 0 Å². The van der Waals surface area contributed by atoms with Crippen LogP contribution in [-0.2, 0) is 4.79 Å². The molecule has 2 rings (SSSR count). The molecule has 0 saturated heterocycles. The lowest BCUT2D eigenvalue weighted by Gasteiger charge is -2.23. The molecule has 0 heterocycles. The third-order valence-electron chi connectivity index (χ3n) is 3.70. The number of amides is 1. The third-order valence-corrected chi connectivity index (χ3v) is 3.70. The fourth-order valence-electron chi connectivity index (χ4n) is 2.53. The maximum Gasteiger partial charge on any atom is 0.223 e. The third kappa shape index (κ3) is 3.31. The second-order valence-electron chi connectivity index (χ2n) is 5.12. The molecule has 0 aromatic heterocycles. The van der Waals surface area contributed by atoms with Crippen LogP contribution in [0, 0.1) is 11.7 Å². The lowest BCUT2D eigenvalue weighted by atomic mass is 9.88. The Morgan fingerprint density at radius 1 is 1.22 bits per heavy atom. The van der Waals surface area contributed by atoms with Crippen molar-refractivity contribution in [2.24, 2.45) is 5.92 Å². The maximum atomic E-state index is 12.8. The zero-order valence-electron chi connectivity index (χ0n) is 10.8. The van der Waals surface area contributed by atoms with Gasteiger partial charge >= 0.3 is 0 Å². The standard InChI is InChI=1S/C15H20FNO/c1-11(12-7-9-14(16)10-8-12)17-15(18)13-5-3-2-4-6-13/h7-11,13H,2-6H2,1H3,(H,17,18). The van der Waals surface area contributed by atoms with E-state index in [1.54, 1.807) is 12.1 Å². The molecule has 1 N–H and O–H groups in total. The molecule has 0 bridgehead atoms.